The second-order valence-electron chi connectivity index (χ2n) is 5.52. The van der Waals surface area contributed by atoms with Crippen molar-refractivity contribution in [1.82, 2.24) is 19.7 Å². The van der Waals surface area contributed by atoms with Gasteiger partial charge in [0.05, 0.1) is 16.6 Å². The summed E-state index contributed by atoms with van der Waals surface area (Å²) in [7, 11) is 0. The average molecular weight is 425 g/mol. The van der Waals surface area contributed by atoms with Gasteiger partial charge in [-0.3, -0.25) is 9.59 Å². The Morgan fingerprint density at radius 3 is 2.81 bits per heavy atom. The third-order valence-electron chi connectivity index (χ3n) is 3.74. The van der Waals surface area contributed by atoms with Gasteiger partial charge in [-0.2, -0.15) is 5.10 Å². The van der Waals surface area contributed by atoms with E-state index in [1.165, 1.54) is 22.4 Å². The summed E-state index contributed by atoms with van der Waals surface area (Å²) in [5.74, 6) is 0.325. The summed E-state index contributed by atoms with van der Waals surface area (Å²) in [6.45, 7) is 2.01. The van der Waals surface area contributed by atoms with E-state index in [1.807, 2.05) is 24.4 Å². The Hall–Kier alpha value is -2.00. The molecule has 1 N–H and O–H groups in total. The van der Waals surface area contributed by atoms with Crippen LogP contribution in [0, 0.1) is 6.92 Å². The van der Waals surface area contributed by atoms with Gasteiger partial charge in [0.15, 0.2) is 0 Å². The third-order valence-corrected chi connectivity index (χ3v) is 6.40. The molecular weight excluding hydrogens is 415 g/mol. The number of hydrogen-bond acceptors (Lipinski definition) is 6. The van der Waals surface area contributed by atoms with Crippen LogP contribution < -0.4 is 11.1 Å². The van der Waals surface area contributed by atoms with Gasteiger partial charge in [0, 0.05) is 20.7 Å². The monoisotopic (exact) mass is 424 g/mol. The molecule has 132 valence electrons. The standard InChI is InChI=1S/C16H10Cl2N4O2S2/c1-7-2-3-10(26-7)8-6-25-15-12(8)14(23)20-11(21-15)5-22-16(24)13(18)9(17)4-19-22/h2-4,6H,5H2,1H3,(H,20,21,23). The molecular formula is C16H10Cl2N4O2S2. The Morgan fingerprint density at radius 2 is 2.08 bits per heavy atom. The number of aromatic amines is 1. The van der Waals surface area contributed by atoms with E-state index >= 15 is 0 Å². The van der Waals surface area contributed by atoms with Crippen molar-refractivity contribution in [2.75, 3.05) is 0 Å². The molecule has 0 aliphatic heterocycles. The van der Waals surface area contributed by atoms with Gasteiger partial charge in [0.1, 0.15) is 22.2 Å². The Morgan fingerprint density at radius 1 is 1.27 bits per heavy atom. The molecule has 4 rings (SSSR count). The summed E-state index contributed by atoms with van der Waals surface area (Å²) in [5.41, 5.74) is 0.0801. The molecule has 0 aliphatic carbocycles. The Balaban J connectivity index is 1.79. The number of H-pyrrole nitrogens is 1. The van der Waals surface area contributed by atoms with E-state index in [9.17, 15) is 9.59 Å². The van der Waals surface area contributed by atoms with Gasteiger partial charge >= 0.3 is 0 Å². The normalized spacial score (nSPS) is 11.3. The molecule has 10 heteroatoms. The van der Waals surface area contributed by atoms with Gasteiger partial charge in [0.2, 0.25) is 0 Å². The minimum Gasteiger partial charge on any atom is -0.308 e. The number of rotatable bonds is 3. The predicted molar refractivity (Wildman–Crippen MR) is 106 cm³/mol. The lowest BCUT2D eigenvalue weighted by molar-refractivity contribution is 0.615. The van der Waals surface area contributed by atoms with Crippen LogP contribution in [0.4, 0.5) is 0 Å². The van der Waals surface area contributed by atoms with Crippen molar-refractivity contribution >= 4 is 56.1 Å². The highest BCUT2D eigenvalue weighted by Crippen LogP contribution is 2.34. The van der Waals surface area contributed by atoms with Crippen LogP contribution in [0.25, 0.3) is 20.7 Å². The van der Waals surface area contributed by atoms with Crippen LogP contribution >= 0.6 is 45.9 Å². The van der Waals surface area contributed by atoms with Crippen LogP contribution in [0.1, 0.15) is 10.7 Å². The van der Waals surface area contributed by atoms with E-state index in [0.717, 1.165) is 15.1 Å². The molecule has 4 aromatic heterocycles. The third kappa shape index (κ3) is 2.99. The highest BCUT2D eigenvalue weighted by atomic mass is 35.5. The number of thiophene rings is 2. The maximum atomic E-state index is 12.6. The highest BCUT2D eigenvalue weighted by molar-refractivity contribution is 7.19. The predicted octanol–water partition coefficient (Wildman–Crippen LogP) is 3.93. The fourth-order valence-corrected chi connectivity index (χ4v) is 4.72. The molecule has 0 radical (unpaired) electrons. The number of aryl methyl sites for hydroxylation is 1. The number of nitrogens with zero attached hydrogens (tertiary/aromatic N) is 3. The van der Waals surface area contributed by atoms with Crippen molar-refractivity contribution in [3.8, 4) is 10.4 Å². The van der Waals surface area contributed by atoms with Gasteiger partial charge in [0.25, 0.3) is 11.1 Å². The van der Waals surface area contributed by atoms with Crippen LogP contribution in [0.5, 0.6) is 0 Å². The first-order valence-corrected chi connectivity index (χ1v) is 9.87. The second kappa shape index (κ2) is 6.62. The minimum absolute atomic E-state index is 0.00769. The smallest absolute Gasteiger partial charge is 0.287 e. The number of nitrogens with one attached hydrogen (secondary N) is 1. The van der Waals surface area contributed by atoms with Crippen molar-refractivity contribution in [2.45, 2.75) is 13.5 Å². The van der Waals surface area contributed by atoms with Crippen molar-refractivity contribution in [3.63, 3.8) is 0 Å². The fraction of sp³-hybridized carbons (Fsp3) is 0.125. The molecule has 0 saturated carbocycles. The summed E-state index contributed by atoms with van der Waals surface area (Å²) in [6.07, 6.45) is 1.28. The van der Waals surface area contributed by atoms with Crippen molar-refractivity contribution in [2.24, 2.45) is 0 Å². The van der Waals surface area contributed by atoms with E-state index < -0.39 is 5.56 Å². The summed E-state index contributed by atoms with van der Waals surface area (Å²) in [4.78, 5) is 34.7. The Bertz CT molecular complexity index is 1260. The fourth-order valence-electron chi connectivity index (χ4n) is 2.53. The van der Waals surface area contributed by atoms with Crippen molar-refractivity contribution in [1.29, 1.82) is 0 Å². The van der Waals surface area contributed by atoms with E-state index in [-0.39, 0.29) is 22.1 Å². The molecule has 0 aliphatic rings. The highest BCUT2D eigenvalue weighted by Gasteiger charge is 2.15. The van der Waals surface area contributed by atoms with E-state index in [0.29, 0.717) is 16.0 Å². The molecule has 26 heavy (non-hydrogen) atoms. The Kier molecular flexibility index (Phi) is 4.44. The van der Waals surface area contributed by atoms with Crippen LogP contribution in [0.3, 0.4) is 0 Å². The van der Waals surface area contributed by atoms with Crippen LogP contribution in [-0.2, 0) is 6.54 Å². The molecule has 4 aromatic rings. The number of hydrogen-bond donors (Lipinski definition) is 1. The molecule has 0 aromatic carbocycles. The molecule has 0 atom stereocenters. The van der Waals surface area contributed by atoms with Crippen LogP contribution in [-0.4, -0.2) is 19.7 Å². The van der Waals surface area contributed by atoms with Gasteiger partial charge < -0.3 is 4.98 Å². The van der Waals surface area contributed by atoms with Gasteiger partial charge in [-0.05, 0) is 19.1 Å². The molecule has 0 unspecified atom stereocenters. The summed E-state index contributed by atoms with van der Waals surface area (Å²) in [6, 6.07) is 4.01. The first kappa shape index (κ1) is 17.4. The molecule has 0 spiro atoms. The molecule has 0 amide bonds. The van der Waals surface area contributed by atoms with E-state index in [4.69, 9.17) is 23.2 Å². The maximum absolute atomic E-state index is 12.6. The van der Waals surface area contributed by atoms with Crippen molar-refractivity contribution in [3.05, 3.63) is 65.2 Å². The zero-order valence-corrected chi connectivity index (χ0v) is 16.4. The first-order valence-electron chi connectivity index (χ1n) is 7.42. The lowest BCUT2D eigenvalue weighted by Gasteiger charge is -2.05. The van der Waals surface area contributed by atoms with E-state index in [1.54, 1.807) is 11.3 Å². The molecule has 0 fully saturated rings. The number of fused-ring (bicyclic) bond motifs is 1. The summed E-state index contributed by atoms with van der Waals surface area (Å²) in [5, 5.41) is 6.37. The van der Waals surface area contributed by atoms with Crippen LogP contribution in [0.15, 0.2) is 33.3 Å². The average Bonchev–Trinajstić information content (AvgIpc) is 3.21. The molecule has 0 bridgehead atoms. The molecule has 6 nitrogen and oxygen atoms in total. The SMILES string of the molecule is Cc1ccc(-c2csc3nc(Cn4ncc(Cl)c(Cl)c4=O)[nH]c(=O)c23)s1. The summed E-state index contributed by atoms with van der Waals surface area (Å²) < 4.78 is 1.11. The lowest BCUT2D eigenvalue weighted by Crippen LogP contribution is -2.25. The molecule has 0 saturated heterocycles. The zero-order valence-electron chi connectivity index (χ0n) is 13.2. The van der Waals surface area contributed by atoms with E-state index in [2.05, 4.69) is 15.1 Å². The zero-order chi connectivity index (χ0) is 18.4. The molecule has 4 heterocycles. The van der Waals surface area contributed by atoms with Crippen LogP contribution in [0.2, 0.25) is 10.0 Å². The minimum atomic E-state index is -0.539. The topological polar surface area (TPSA) is 80.6 Å². The first-order chi connectivity index (χ1) is 12.4. The Labute approximate surface area is 164 Å². The van der Waals surface area contributed by atoms with Gasteiger partial charge in [-0.25, -0.2) is 9.67 Å². The second-order valence-corrected chi connectivity index (χ2v) is 8.45. The maximum Gasteiger partial charge on any atom is 0.287 e. The number of aromatic nitrogens is 4. The quantitative estimate of drug-likeness (QED) is 0.539. The number of halogens is 2. The lowest BCUT2D eigenvalue weighted by atomic mass is 10.2. The van der Waals surface area contributed by atoms with Gasteiger partial charge in [-0.1, -0.05) is 23.2 Å². The van der Waals surface area contributed by atoms with Gasteiger partial charge in [-0.15, -0.1) is 22.7 Å². The van der Waals surface area contributed by atoms with Crippen molar-refractivity contribution < 1.29 is 0 Å². The largest absolute Gasteiger partial charge is 0.308 e. The summed E-state index contributed by atoms with van der Waals surface area (Å²) >= 11 is 14.6.